The molecule has 0 aliphatic carbocycles. The van der Waals surface area contributed by atoms with Gasteiger partial charge in [0.15, 0.2) is 6.10 Å². The van der Waals surface area contributed by atoms with Crippen LogP contribution in [0.4, 0.5) is 0 Å². The van der Waals surface area contributed by atoms with E-state index in [4.69, 9.17) is 35.1 Å². The largest absolute Gasteiger partial charge is 0.481 e. The summed E-state index contributed by atoms with van der Waals surface area (Å²) in [7, 11) is -4.54. The van der Waals surface area contributed by atoms with Crippen molar-refractivity contribution >= 4 is 37.5 Å². The second kappa shape index (κ2) is 42.4. The number of aliphatic carboxylic acids is 1. The van der Waals surface area contributed by atoms with Crippen molar-refractivity contribution < 1.29 is 52.6 Å². The van der Waals surface area contributed by atoms with Crippen molar-refractivity contribution in [2.45, 2.75) is 140 Å². The van der Waals surface area contributed by atoms with Gasteiger partial charge in [-0.2, -0.15) is 0 Å². The van der Waals surface area contributed by atoms with Gasteiger partial charge in [0.2, 0.25) is 0 Å². The number of ether oxygens (including phenoxy) is 2. The lowest BCUT2D eigenvalue weighted by Gasteiger charge is -2.22. The highest BCUT2D eigenvalue weighted by atomic mass is 32.2. The summed E-state index contributed by atoms with van der Waals surface area (Å²) in [4.78, 5) is 46.7. The zero-order valence-corrected chi connectivity index (χ0v) is 39.4. The Labute approximate surface area is 381 Å². The summed E-state index contributed by atoms with van der Waals surface area (Å²) in [5.41, 5.74) is 11.5. The molecular weight excluding hydrogens is 844 g/mol. The van der Waals surface area contributed by atoms with E-state index in [2.05, 4.69) is 74.6 Å². The molecule has 0 amide bonds. The van der Waals surface area contributed by atoms with Gasteiger partial charge in [0.25, 0.3) is 0 Å². The van der Waals surface area contributed by atoms with Crippen LogP contribution in [-0.2, 0) is 37.5 Å². The number of esters is 2. The number of carboxylic acids is 1. The summed E-state index contributed by atoms with van der Waals surface area (Å²) < 4.78 is 32.8. The monoisotopic (exact) mass is 920 g/mol. The van der Waals surface area contributed by atoms with E-state index in [1.807, 2.05) is 36.5 Å². The van der Waals surface area contributed by atoms with E-state index in [0.29, 0.717) is 12.8 Å². The molecule has 7 N–H and O–H groups in total. The summed E-state index contributed by atoms with van der Waals surface area (Å²) in [6.07, 6.45) is 46.0. The van der Waals surface area contributed by atoms with Crippen molar-refractivity contribution in [2.24, 2.45) is 11.5 Å². The molecule has 356 valence electrons. The van der Waals surface area contributed by atoms with Crippen LogP contribution < -0.4 is 11.5 Å². The maximum atomic E-state index is 13.0. The average molecular weight is 921 g/mol. The second-order valence-corrected chi connectivity index (χ2v) is 17.1. The van der Waals surface area contributed by atoms with Crippen LogP contribution in [0.15, 0.2) is 109 Å². The Morgan fingerprint density at radius 1 is 0.714 bits per heavy atom. The number of hydrogen-bond acceptors (Lipinski definition) is 12. The first-order chi connectivity index (χ1) is 30.4. The molecule has 5 atom stereocenters. The highest BCUT2D eigenvalue weighted by Crippen LogP contribution is 2.43. The fourth-order valence-corrected chi connectivity index (χ4v) is 7.12. The highest BCUT2D eigenvalue weighted by Gasteiger charge is 2.27. The van der Waals surface area contributed by atoms with Crippen molar-refractivity contribution in [3.8, 4) is 0 Å². The van der Waals surface area contributed by atoms with E-state index >= 15 is 0 Å². The number of thioether (sulfide) groups is 1. The Balaban J connectivity index is 5.16. The molecule has 1 unspecified atom stereocenters. The van der Waals surface area contributed by atoms with E-state index in [-0.39, 0.29) is 44.6 Å². The molecule has 0 saturated heterocycles. The Morgan fingerprint density at radius 3 is 1.90 bits per heavy atom. The maximum Gasteiger partial charge on any atom is 0.472 e. The van der Waals surface area contributed by atoms with E-state index in [1.165, 1.54) is 31.0 Å². The Bertz CT molecular complexity index is 1520. The van der Waals surface area contributed by atoms with E-state index in [9.17, 15) is 28.9 Å². The molecule has 0 spiro atoms. The molecule has 0 aromatic carbocycles. The number of rotatable bonds is 40. The van der Waals surface area contributed by atoms with Crippen LogP contribution in [0.1, 0.15) is 117 Å². The number of phosphoric acid groups is 1. The molecule has 0 rings (SSSR count). The first-order valence-electron chi connectivity index (χ1n) is 22.3. The summed E-state index contributed by atoms with van der Waals surface area (Å²) in [6, 6.07) is -1.15. The van der Waals surface area contributed by atoms with Gasteiger partial charge in [0.1, 0.15) is 12.6 Å². The molecule has 0 heterocycles. The number of aliphatic hydroxyl groups excluding tert-OH is 1. The molecule has 0 aliphatic heterocycles. The number of carbonyl (C=O) groups is 3. The van der Waals surface area contributed by atoms with E-state index in [1.54, 1.807) is 12.2 Å². The molecule has 0 aromatic rings. The lowest BCUT2D eigenvalue weighted by molar-refractivity contribution is -0.161. The molecule has 63 heavy (non-hydrogen) atoms. The normalized spacial score (nSPS) is 15.7. The van der Waals surface area contributed by atoms with Crippen LogP contribution in [0.5, 0.6) is 0 Å². The van der Waals surface area contributed by atoms with Crippen molar-refractivity contribution in [1.29, 1.82) is 0 Å². The van der Waals surface area contributed by atoms with E-state index < -0.39 is 62.4 Å². The van der Waals surface area contributed by atoms with E-state index in [0.717, 1.165) is 44.9 Å². The molecular formula is C48H77N2O11PS. The molecule has 0 fully saturated rings. The number of carbonyl (C=O) groups excluding carboxylic acids is 2. The van der Waals surface area contributed by atoms with Gasteiger partial charge in [-0.05, 0) is 77.0 Å². The summed E-state index contributed by atoms with van der Waals surface area (Å²) in [6.45, 7) is 2.91. The first kappa shape index (κ1) is 59.4. The lowest BCUT2D eigenvalue weighted by Crippen LogP contribution is -2.38. The molecule has 0 saturated carbocycles. The third-order valence-electron chi connectivity index (χ3n) is 8.64. The van der Waals surface area contributed by atoms with Crippen molar-refractivity contribution in [2.75, 3.05) is 32.1 Å². The zero-order valence-electron chi connectivity index (χ0n) is 37.7. The minimum Gasteiger partial charge on any atom is -0.481 e. The number of aliphatic hydroxyl groups is 1. The van der Waals surface area contributed by atoms with Crippen molar-refractivity contribution in [3.63, 3.8) is 0 Å². The van der Waals surface area contributed by atoms with Crippen LogP contribution in [-0.4, -0.2) is 88.6 Å². The third kappa shape index (κ3) is 39.7. The fourth-order valence-electron chi connectivity index (χ4n) is 5.23. The number of carboxylic acid groups (broad SMARTS) is 1. The second-order valence-electron chi connectivity index (χ2n) is 14.4. The average Bonchev–Trinajstić information content (AvgIpc) is 3.25. The Morgan fingerprint density at radius 2 is 1.30 bits per heavy atom. The smallest absolute Gasteiger partial charge is 0.472 e. The quantitative estimate of drug-likeness (QED) is 0.0127. The topological polar surface area (TPSA) is 218 Å². The van der Waals surface area contributed by atoms with Gasteiger partial charge in [0, 0.05) is 30.4 Å². The van der Waals surface area contributed by atoms with Crippen molar-refractivity contribution in [3.05, 3.63) is 109 Å². The lowest BCUT2D eigenvalue weighted by atomic mass is 10.1. The molecule has 0 bridgehead atoms. The number of allylic oxidation sites excluding steroid dienone is 17. The van der Waals surface area contributed by atoms with Gasteiger partial charge in [-0.15, -0.1) is 11.8 Å². The van der Waals surface area contributed by atoms with Crippen LogP contribution in [0.3, 0.4) is 0 Å². The Hall–Kier alpha value is -3.59. The molecule has 0 radical (unpaired) electrons. The van der Waals surface area contributed by atoms with Crippen LogP contribution in [0.2, 0.25) is 0 Å². The highest BCUT2D eigenvalue weighted by molar-refractivity contribution is 8.00. The molecule has 0 aliphatic rings. The number of unbranched alkanes of at least 4 members (excludes halogenated alkanes) is 4. The SMILES string of the molecule is CC/C=C\C/C=C\C/C=C\C/C=C\C/C=C\CCCC(=O)O[C@H](COC(=O)[C@@H](N)CS[C@H](/C=C/C=C/C=C\C/C=C\CCCCC)[C@@H](O)CCCC(=O)O)COP(=O)(O)OCCN. The van der Waals surface area contributed by atoms with Gasteiger partial charge in [-0.3, -0.25) is 23.4 Å². The zero-order chi connectivity index (χ0) is 46.7. The van der Waals surface area contributed by atoms with Crippen molar-refractivity contribution in [1.82, 2.24) is 0 Å². The van der Waals surface area contributed by atoms with Gasteiger partial charge < -0.3 is 36.0 Å². The molecule has 15 heteroatoms. The summed E-state index contributed by atoms with van der Waals surface area (Å²) >= 11 is 1.21. The molecule has 0 aromatic heterocycles. The van der Waals surface area contributed by atoms with Crippen LogP contribution in [0, 0.1) is 0 Å². The standard InChI is InChI=1S/C48H77N2O11PS/c1-3-5-7-9-11-13-15-17-18-19-20-21-23-25-27-29-31-36-47(54)61-42(40-60-62(56,57)59-38-37-49)39-58-48(55)43(50)41-63-45(44(51)33-32-35-46(52)53)34-30-28-26-24-22-16-14-12-10-8-6-4-2/h5,7,11-14,17-18,20-22,24-28,30,34,42-45,51H,3-4,6,8-10,15-16,19,23,29,31-33,35-41,49-50H2,1-2H3,(H,52,53)(H,56,57)/b7-5-,13-11-,14-12-,18-17-,21-20-,24-22-,27-25-,28-26+,34-30+/t42-,43+,44+,45-/m1/s1. The Kier molecular flexibility index (Phi) is 40.0. The van der Waals surface area contributed by atoms with Gasteiger partial charge in [0.05, 0.1) is 19.3 Å². The summed E-state index contributed by atoms with van der Waals surface area (Å²) in [5, 5.41) is 19.4. The molecule has 13 nitrogen and oxygen atoms in total. The predicted molar refractivity (Wildman–Crippen MR) is 257 cm³/mol. The predicted octanol–water partition coefficient (Wildman–Crippen LogP) is 9.70. The minimum absolute atomic E-state index is 0.0286. The van der Waals surface area contributed by atoms with Crippen LogP contribution in [0.25, 0.3) is 0 Å². The summed E-state index contributed by atoms with van der Waals surface area (Å²) in [5.74, 6) is -2.37. The fraction of sp³-hybridized carbons (Fsp3) is 0.562. The maximum absolute atomic E-state index is 13.0. The van der Waals surface area contributed by atoms with Crippen LogP contribution >= 0.6 is 19.6 Å². The van der Waals surface area contributed by atoms with Gasteiger partial charge in [-0.25, -0.2) is 4.57 Å². The number of nitrogens with two attached hydrogens (primary N) is 2. The minimum atomic E-state index is -4.54. The van der Waals surface area contributed by atoms with Gasteiger partial charge in [-0.1, -0.05) is 136 Å². The van der Waals surface area contributed by atoms with Gasteiger partial charge >= 0.3 is 25.7 Å². The number of hydrogen-bond donors (Lipinski definition) is 5. The number of phosphoric ester groups is 1. The third-order valence-corrected chi connectivity index (χ3v) is 11.0. The first-order valence-corrected chi connectivity index (χ1v) is 24.8.